The van der Waals surface area contributed by atoms with Crippen LogP contribution in [0.25, 0.3) is 0 Å². The quantitative estimate of drug-likeness (QED) is 0.840. The predicted octanol–water partition coefficient (Wildman–Crippen LogP) is 2.96. The summed E-state index contributed by atoms with van der Waals surface area (Å²) < 4.78 is 27.5. The highest BCUT2D eigenvalue weighted by molar-refractivity contribution is 7.89. The molecule has 0 N–H and O–H groups in total. The molecule has 0 radical (unpaired) electrons. The first-order chi connectivity index (χ1) is 10.2. The fourth-order valence-electron chi connectivity index (χ4n) is 2.14. The number of hydrogen-bond donors (Lipinski definition) is 0. The van der Waals surface area contributed by atoms with E-state index in [2.05, 4.69) is 4.98 Å². The van der Waals surface area contributed by atoms with Crippen LogP contribution >= 0.6 is 11.6 Å². The van der Waals surface area contributed by atoms with Gasteiger partial charge in [-0.15, -0.1) is 0 Å². The highest BCUT2D eigenvalue weighted by atomic mass is 35.5. The molecule has 0 bridgehead atoms. The van der Waals surface area contributed by atoms with Gasteiger partial charge >= 0.3 is 0 Å². The summed E-state index contributed by atoms with van der Waals surface area (Å²) in [4.78, 5) is 4.32. The van der Waals surface area contributed by atoms with E-state index in [1.54, 1.807) is 6.20 Å². The van der Waals surface area contributed by atoms with Gasteiger partial charge in [-0.25, -0.2) is 17.7 Å². The van der Waals surface area contributed by atoms with Gasteiger partial charge < -0.3 is 4.57 Å². The third-order valence-corrected chi connectivity index (χ3v) is 5.21. The van der Waals surface area contributed by atoms with Crippen molar-refractivity contribution in [3.8, 4) is 0 Å². The first-order valence-electron chi connectivity index (χ1n) is 6.96. The van der Waals surface area contributed by atoms with Crippen molar-refractivity contribution in [2.45, 2.75) is 31.3 Å². The maximum Gasteiger partial charge on any atom is 0.261 e. The van der Waals surface area contributed by atoms with Gasteiger partial charge in [0.1, 0.15) is 5.82 Å². The third-order valence-electron chi connectivity index (χ3n) is 3.29. The maximum absolute atomic E-state index is 12.3. The van der Waals surface area contributed by atoms with E-state index in [4.69, 9.17) is 11.6 Å². The Hall–Kier alpha value is -1.37. The van der Waals surface area contributed by atoms with E-state index >= 15 is 0 Å². The number of aromatic nitrogens is 2. The van der Waals surface area contributed by atoms with E-state index in [1.165, 1.54) is 18.4 Å². The van der Waals surface area contributed by atoms with E-state index in [9.17, 15) is 8.42 Å². The van der Waals surface area contributed by atoms with Crippen LogP contribution < -0.4 is 0 Å². The van der Waals surface area contributed by atoms with Crippen LogP contribution in [0.3, 0.4) is 0 Å². The SMILES string of the molecule is CC(C)c1nc(S(=O)(=O)N(C)C)cn1Cc1cccc(Cl)c1. The van der Waals surface area contributed by atoms with Crippen LogP contribution in [0.1, 0.15) is 31.2 Å². The van der Waals surface area contributed by atoms with Crippen molar-refractivity contribution in [1.82, 2.24) is 13.9 Å². The molecule has 7 heteroatoms. The van der Waals surface area contributed by atoms with Crippen LogP contribution in [0.2, 0.25) is 5.02 Å². The molecule has 0 saturated heterocycles. The molecule has 2 rings (SSSR count). The number of sulfonamides is 1. The summed E-state index contributed by atoms with van der Waals surface area (Å²) in [6, 6.07) is 7.51. The summed E-state index contributed by atoms with van der Waals surface area (Å²) in [6.07, 6.45) is 1.59. The summed E-state index contributed by atoms with van der Waals surface area (Å²) in [5.41, 5.74) is 1.00. The normalized spacial score (nSPS) is 12.3. The smallest absolute Gasteiger partial charge is 0.261 e. The number of halogens is 1. The first kappa shape index (κ1) is 17.0. The molecule has 22 heavy (non-hydrogen) atoms. The summed E-state index contributed by atoms with van der Waals surface area (Å²) in [5, 5.41) is 0.730. The van der Waals surface area contributed by atoms with Crippen molar-refractivity contribution in [3.05, 3.63) is 46.9 Å². The fourth-order valence-corrected chi connectivity index (χ4v) is 3.19. The van der Waals surface area contributed by atoms with Gasteiger partial charge in [0.2, 0.25) is 0 Å². The second kappa shape index (κ2) is 6.40. The Morgan fingerprint density at radius 2 is 2.00 bits per heavy atom. The lowest BCUT2D eigenvalue weighted by Crippen LogP contribution is -2.22. The van der Waals surface area contributed by atoms with Crippen LogP contribution in [-0.2, 0) is 16.6 Å². The average molecular weight is 342 g/mol. The van der Waals surface area contributed by atoms with Crippen LogP contribution in [0.15, 0.2) is 35.5 Å². The summed E-state index contributed by atoms with van der Waals surface area (Å²) in [7, 11) is -0.536. The van der Waals surface area contributed by atoms with Gasteiger partial charge in [0.05, 0.1) is 0 Å². The number of nitrogens with zero attached hydrogens (tertiary/aromatic N) is 3. The summed E-state index contributed by atoms with van der Waals surface area (Å²) in [6.45, 7) is 4.51. The second-order valence-corrected chi connectivity index (χ2v) is 8.17. The van der Waals surface area contributed by atoms with Gasteiger partial charge in [-0.3, -0.25) is 0 Å². The number of hydrogen-bond acceptors (Lipinski definition) is 3. The Balaban J connectivity index is 2.45. The zero-order valence-corrected chi connectivity index (χ0v) is 14.7. The first-order valence-corrected chi connectivity index (χ1v) is 8.77. The van der Waals surface area contributed by atoms with Gasteiger partial charge in [-0.2, -0.15) is 0 Å². The van der Waals surface area contributed by atoms with E-state index in [0.717, 1.165) is 11.4 Å². The van der Waals surface area contributed by atoms with E-state index in [0.29, 0.717) is 11.6 Å². The maximum atomic E-state index is 12.3. The number of imidazole rings is 1. The molecular weight excluding hydrogens is 322 g/mol. The molecule has 0 fully saturated rings. The van der Waals surface area contributed by atoms with Crippen LogP contribution in [0.4, 0.5) is 0 Å². The molecule has 0 atom stereocenters. The summed E-state index contributed by atoms with van der Waals surface area (Å²) in [5.74, 6) is 0.852. The molecule has 0 aliphatic rings. The topological polar surface area (TPSA) is 55.2 Å². The van der Waals surface area contributed by atoms with Gasteiger partial charge in [0, 0.05) is 37.8 Å². The lowest BCUT2D eigenvalue weighted by Gasteiger charge is -2.10. The van der Waals surface area contributed by atoms with Crippen molar-refractivity contribution < 1.29 is 8.42 Å². The Morgan fingerprint density at radius 3 is 2.55 bits per heavy atom. The minimum atomic E-state index is -3.54. The van der Waals surface area contributed by atoms with E-state index in [-0.39, 0.29) is 10.9 Å². The molecule has 1 aromatic heterocycles. The van der Waals surface area contributed by atoms with Crippen LogP contribution in [-0.4, -0.2) is 36.4 Å². The molecule has 0 aliphatic heterocycles. The Morgan fingerprint density at radius 1 is 1.32 bits per heavy atom. The molecule has 5 nitrogen and oxygen atoms in total. The summed E-state index contributed by atoms with van der Waals surface area (Å²) >= 11 is 6.01. The van der Waals surface area contributed by atoms with Crippen molar-refractivity contribution in [2.24, 2.45) is 0 Å². The minimum Gasteiger partial charge on any atom is -0.329 e. The highest BCUT2D eigenvalue weighted by Gasteiger charge is 2.23. The predicted molar refractivity (Wildman–Crippen MR) is 87.7 cm³/mol. The number of benzene rings is 1. The van der Waals surface area contributed by atoms with Gasteiger partial charge in [-0.05, 0) is 17.7 Å². The average Bonchev–Trinajstić information content (AvgIpc) is 2.83. The van der Waals surface area contributed by atoms with Crippen molar-refractivity contribution in [1.29, 1.82) is 0 Å². The molecule has 2 aromatic rings. The fraction of sp³-hybridized carbons (Fsp3) is 0.400. The monoisotopic (exact) mass is 341 g/mol. The molecule has 120 valence electrons. The zero-order chi connectivity index (χ0) is 16.5. The largest absolute Gasteiger partial charge is 0.329 e. The molecule has 0 saturated carbocycles. The van der Waals surface area contributed by atoms with Crippen molar-refractivity contribution >= 4 is 21.6 Å². The second-order valence-electron chi connectivity index (χ2n) is 5.64. The molecule has 1 heterocycles. The molecule has 0 spiro atoms. The van der Waals surface area contributed by atoms with E-state index in [1.807, 2.05) is 42.7 Å². The molecule has 1 aromatic carbocycles. The highest BCUT2D eigenvalue weighted by Crippen LogP contribution is 2.21. The standard InChI is InChI=1S/C15H20ClN3O2S/c1-11(2)15-17-14(22(20,21)18(3)4)10-19(15)9-12-6-5-7-13(16)8-12/h5-8,10-11H,9H2,1-4H3. The van der Waals surface area contributed by atoms with Gasteiger partial charge in [0.25, 0.3) is 10.0 Å². The van der Waals surface area contributed by atoms with Gasteiger partial charge in [0.15, 0.2) is 5.03 Å². The van der Waals surface area contributed by atoms with E-state index < -0.39 is 10.0 Å². The lowest BCUT2D eigenvalue weighted by atomic mass is 10.2. The minimum absolute atomic E-state index is 0.0724. The third kappa shape index (κ3) is 3.51. The molecule has 0 aliphatic carbocycles. The zero-order valence-electron chi connectivity index (χ0n) is 13.1. The van der Waals surface area contributed by atoms with Crippen LogP contribution in [0, 0.1) is 0 Å². The Labute approximate surface area is 136 Å². The lowest BCUT2D eigenvalue weighted by molar-refractivity contribution is 0.517. The Bertz CT molecular complexity index is 767. The Kier molecular flexibility index (Phi) is 4.94. The molecule has 0 unspecified atom stereocenters. The molecular formula is C15H20ClN3O2S. The van der Waals surface area contributed by atoms with Crippen molar-refractivity contribution in [3.63, 3.8) is 0 Å². The number of rotatable bonds is 5. The van der Waals surface area contributed by atoms with Crippen LogP contribution in [0.5, 0.6) is 0 Å². The van der Waals surface area contributed by atoms with Crippen molar-refractivity contribution in [2.75, 3.05) is 14.1 Å². The van der Waals surface area contributed by atoms with Gasteiger partial charge in [-0.1, -0.05) is 37.6 Å². The molecule has 0 amide bonds.